The van der Waals surface area contributed by atoms with E-state index in [4.69, 9.17) is 5.73 Å². The van der Waals surface area contributed by atoms with Crippen molar-refractivity contribution in [1.29, 1.82) is 0 Å². The quantitative estimate of drug-likeness (QED) is 0.840. The SMILES string of the molecule is CC(C)CC(CN)C(=O)N(C)C(C)c1ccccc1O. The van der Waals surface area contributed by atoms with E-state index in [1.165, 1.54) is 0 Å². The molecule has 2 atom stereocenters. The van der Waals surface area contributed by atoms with Crippen molar-refractivity contribution in [3.63, 3.8) is 0 Å². The van der Waals surface area contributed by atoms with E-state index in [1.807, 2.05) is 19.1 Å². The molecule has 1 amide bonds. The average Bonchev–Trinajstić information content (AvgIpc) is 2.42. The Kier molecular flexibility index (Phi) is 6.02. The van der Waals surface area contributed by atoms with Gasteiger partial charge in [0.25, 0.3) is 0 Å². The minimum Gasteiger partial charge on any atom is -0.508 e. The highest BCUT2D eigenvalue weighted by Crippen LogP contribution is 2.28. The lowest BCUT2D eigenvalue weighted by atomic mass is 9.95. The molecule has 112 valence electrons. The summed E-state index contributed by atoms with van der Waals surface area (Å²) in [6, 6.07) is 6.93. The molecular formula is C16H26N2O2. The Morgan fingerprint density at radius 2 is 1.90 bits per heavy atom. The van der Waals surface area contributed by atoms with Gasteiger partial charge in [-0.15, -0.1) is 0 Å². The van der Waals surface area contributed by atoms with Crippen molar-refractivity contribution in [3.8, 4) is 5.75 Å². The maximum Gasteiger partial charge on any atom is 0.227 e. The Labute approximate surface area is 121 Å². The number of para-hydroxylation sites is 1. The molecule has 1 aromatic carbocycles. The summed E-state index contributed by atoms with van der Waals surface area (Å²) in [4.78, 5) is 14.2. The molecule has 1 aromatic rings. The van der Waals surface area contributed by atoms with Crippen LogP contribution in [0, 0.1) is 11.8 Å². The molecule has 0 aromatic heterocycles. The van der Waals surface area contributed by atoms with Crippen LogP contribution in [-0.2, 0) is 4.79 Å². The maximum atomic E-state index is 12.5. The van der Waals surface area contributed by atoms with Crippen LogP contribution in [0.3, 0.4) is 0 Å². The normalized spacial score (nSPS) is 14.1. The number of phenolic OH excluding ortho intramolecular Hbond substituents is 1. The van der Waals surface area contributed by atoms with E-state index in [9.17, 15) is 9.90 Å². The molecule has 2 unspecified atom stereocenters. The smallest absolute Gasteiger partial charge is 0.227 e. The predicted octanol–water partition coefficient (Wildman–Crippen LogP) is 2.53. The minimum absolute atomic E-state index is 0.0388. The Balaban J connectivity index is 2.85. The molecule has 0 fully saturated rings. The lowest BCUT2D eigenvalue weighted by molar-refractivity contribution is -0.136. The molecule has 3 N–H and O–H groups in total. The fourth-order valence-corrected chi connectivity index (χ4v) is 2.40. The van der Waals surface area contributed by atoms with Crippen molar-refractivity contribution in [2.45, 2.75) is 33.2 Å². The van der Waals surface area contributed by atoms with Gasteiger partial charge in [0.2, 0.25) is 5.91 Å². The topological polar surface area (TPSA) is 66.6 Å². The largest absolute Gasteiger partial charge is 0.508 e. The van der Waals surface area contributed by atoms with Crippen molar-refractivity contribution in [1.82, 2.24) is 4.90 Å². The Bertz CT molecular complexity index is 446. The highest BCUT2D eigenvalue weighted by atomic mass is 16.3. The lowest BCUT2D eigenvalue weighted by Crippen LogP contribution is -2.38. The van der Waals surface area contributed by atoms with Gasteiger partial charge < -0.3 is 15.7 Å². The van der Waals surface area contributed by atoms with Crippen LogP contribution in [0.2, 0.25) is 0 Å². The number of carbonyl (C=O) groups is 1. The van der Waals surface area contributed by atoms with Gasteiger partial charge in [-0.3, -0.25) is 4.79 Å². The van der Waals surface area contributed by atoms with Gasteiger partial charge in [-0.25, -0.2) is 0 Å². The standard InChI is InChI=1S/C16H26N2O2/c1-11(2)9-13(10-17)16(20)18(4)12(3)14-7-5-6-8-15(14)19/h5-8,11-13,19H,9-10,17H2,1-4H3. The highest BCUT2D eigenvalue weighted by Gasteiger charge is 2.26. The Morgan fingerprint density at radius 3 is 2.40 bits per heavy atom. The summed E-state index contributed by atoms with van der Waals surface area (Å²) in [7, 11) is 1.77. The van der Waals surface area contributed by atoms with Gasteiger partial charge in [-0.05, 0) is 25.3 Å². The molecule has 0 aliphatic carbocycles. The molecular weight excluding hydrogens is 252 g/mol. The van der Waals surface area contributed by atoms with Crippen LogP contribution >= 0.6 is 0 Å². The van der Waals surface area contributed by atoms with Crippen LogP contribution < -0.4 is 5.73 Å². The third kappa shape index (κ3) is 3.97. The molecule has 1 rings (SSSR count). The molecule has 4 nitrogen and oxygen atoms in total. The monoisotopic (exact) mass is 278 g/mol. The summed E-state index contributed by atoms with van der Waals surface area (Å²) >= 11 is 0. The van der Waals surface area contributed by atoms with Crippen LogP contribution in [0.1, 0.15) is 38.8 Å². The Morgan fingerprint density at radius 1 is 1.30 bits per heavy atom. The van der Waals surface area contributed by atoms with Gasteiger partial charge in [-0.2, -0.15) is 0 Å². The number of amides is 1. The number of hydrogen-bond acceptors (Lipinski definition) is 3. The minimum atomic E-state index is -0.176. The summed E-state index contributed by atoms with van der Waals surface area (Å²) in [5.41, 5.74) is 6.49. The zero-order chi connectivity index (χ0) is 15.3. The van der Waals surface area contributed by atoms with Gasteiger partial charge >= 0.3 is 0 Å². The van der Waals surface area contributed by atoms with Crippen LogP contribution in [0.25, 0.3) is 0 Å². The number of nitrogens with zero attached hydrogens (tertiary/aromatic N) is 1. The van der Waals surface area contributed by atoms with Gasteiger partial charge in [0, 0.05) is 19.2 Å². The number of carbonyl (C=O) groups excluding carboxylic acids is 1. The molecule has 0 saturated heterocycles. The third-order valence-electron chi connectivity index (χ3n) is 3.71. The molecule has 0 heterocycles. The van der Waals surface area contributed by atoms with Crippen LogP contribution in [0.4, 0.5) is 0 Å². The average molecular weight is 278 g/mol. The van der Waals surface area contributed by atoms with E-state index < -0.39 is 0 Å². The van der Waals surface area contributed by atoms with Crippen molar-refractivity contribution in [2.75, 3.05) is 13.6 Å². The molecule has 0 saturated carbocycles. The van der Waals surface area contributed by atoms with E-state index in [1.54, 1.807) is 24.1 Å². The zero-order valence-electron chi connectivity index (χ0n) is 12.8. The number of hydrogen-bond donors (Lipinski definition) is 2. The molecule has 0 radical (unpaired) electrons. The fraction of sp³-hybridized carbons (Fsp3) is 0.562. The second-order valence-electron chi connectivity index (χ2n) is 5.75. The van der Waals surface area contributed by atoms with Crippen molar-refractivity contribution >= 4 is 5.91 Å². The van der Waals surface area contributed by atoms with Crippen LogP contribution in [-0.4, -0.2) is 29.5 Å². The summed E-state index contributed by atoms with van der Waals surface area (Å²) in [6.45, 7) is 6.44. The van der Waals surface area contributed by atoms with Crippen molar-refractivity contribution in [3.05, 3.63) is 29.8 Å². The van der Waals surface area contributed by atoms with E-state index in [0.29, 0.717) is 12.5 Å². The Hall–Kier alpha value is -1.55. The van der Waals surface area contributed by atoms with Gasteiger partial charge in [0.1, 0.15) is 5.75 Å². The second-order valence-corrected chi connectivity index (χ2v) is 5.75. The summed E-state index contributed by atoms with van der Waals surface area (Å²) in [5.74, 6) is 0.527. The first kappa shape index (κ1) is 16.5. The van der Waals surface area contributed by atoms with E-state index in [0.717, 1.165) is 12.0 Å². The molecule has 20 heavy (non-hydrogen) atoms. The summed E-state index contributed by atoms with van der Waals surface area (Å²) in [6.07, 6.45) is 0.785. The van der Waals surface area contributed by atoms with Crippen molar-refractivity contribution < 1.29 is 9.90 Å². The number of rotatable bonds is 6. The van der Waals surface area contributed by atoms with Crippen molar-refractivity contribution in [2.24, 2.45) is 17.6 Å². The van der Waals surface area contributed by atoms with Crippen LogP contribution in [0.15, 0.2) is 24.3 Å². The molecule has 4 heteroatoms. The number of benzene rings is 1. The first-order valence-electron chi connectivity index (χ1n) is 7.13. The van der Waals surface area contributed by atoms with Gasteiger partial charge in [0.05, 0.1) is 12.0 Å². The molecule has 0 aliphatic rings. The zero-order valence-corrected chi connectivity index (χ0v) is 12.8. The second kappa shape index (κ2) is 7.29. The van der Waals surface area contributed by atoms with Gasteiger partial charge in [0.15, 0.2) is 0 Å². The van der Waals surface area contributed by atoms with E-state index >= 15 is 0 Å². The number of nitrogens with two attached hydrogens (primary N) is 1. The first-order chi connectivity index (χ1) is 9.38. The molecule has 0 aliphatic heterocycles. The lowest BCUT2D eigenvalue weighted by Gasteiger charge is -2.30. The maximum absolute atomic E-state index is 12.5. The summed E-state index contributed by atoms with van der Waals surface area (Å²) in [5, 5.41) is 9.89. The third-order valence-corrected chi connectivity index (χ3v) is 3.71. The first-order valence-corrected chi connectivity index (χ1v) is 7.13. The number of aromatic hydroxyl groups is 1. The summed E-state index contributed by atoms with van der Waals surface area (Å²) < 4.78 is 0. The molecule has 0 bridgehead atoms. The predicted molar refractivity (Wildman–Crippen MR) is 81.3 cm³/mol. The number of phenols is 1. The van der Waals surface area contributed by atoms with Crippen LogP contribution in [0.5, 0.6) is 5.75 Å². The highest BCUT2D eigenvalue weighted by molar-refractivity contribution is 5.79. The van der Waals surface area contributed by atoms with Gasteiger partial charge in [-0.1, -0.05) is 32.0 Å². The fourth-order valence-electron chi connectivity index (χ4n) is 2.40. The van der Waals surface area contributed by atoms with E-state index in [-0.39, 0.29) is 23.6 Å². The van der Waals surface area contributed by atoms with E-state index in [2.05, 4.69) is 13.8 Å². The molecule has 0 spiro atoms.